The first-order chi connectivity index (χ1) is 17.5. The second-order valence-corrected chi connectivity index (χ2v) is 11.4. The minimum absolute atomic E-state index is 0.117. The zero-order valence-corrected chi connectivity index (χ0v) is 21.8. The summed E-state index contributed by atoms with van der Waals surface area (Å²) in [6, 6.07) is 15.7. The summed E-state index contributed by atoms with van der Waals surface area (Å²) in [6.45, 7) is 6.77. The van der Waals surface area contributed by atoms with Gasteiger partial charge in [0.25, 0.3) is 0 Å². The summed E-state index contributed by atoms with van der Waals surface area (Å²) in [5, 5.41) is 3.50. The average molecular weight is 487 g/mol. The normalized spacial score (nSPS) is 22.3. The zero-order valence-electron chi connectivity index (χ0n) is 21.8. The van der Waals surface area contributed by atoms with Gasteiger partial charge in [0.2, 0.25) is 0 Å². The Morgan fingerprint density at radius 2 is 1.89 bits per heavy atom. The number of imidazole rings is 1. The van der Waals surface area contributed by atoms with Gasteiger partial charge < -0.3 is 14.6 Å². The number of rotatable bonds is 4. The molecule has 2 fully saturated rings. The van der Waals surface area contributed by atoms with Crippen molar-refractivity contribution < 1.29 is 9.53 Å². The van der Waals surface area contributed by atoms with Crippen LogP contribution >= 0.6 is 0 Å². The Morgan fingerprint density at radius 1 is 1.14 bits per heavy atom. The summed E-state index contributed by atoms with van der Waals surface area (Å²) in [5.74, 6) is 1.49. The van der Waals surface area contributed by atoms with Crippen LogP contribution in [-0.4, -0.2) is 41.9 Å². The Hall–Kier alpha value is -2.86. The van der Waals surface area contributed by atoms with Crippen LogP contribution in [0.25, 0.3) is 11.0 Å². The Bertz CT molecular complexity index is 1250. The quantitative estimate of drug-likeness (QED) is 0.492. The van der Waals surface area contributed by atoms with Crippen molar-refractivity contribution in [3.8, 4) is 0 Å². The molecule has 0 unspecified atom stereocenters. The van der Waals surface area contributed by atoms with Crippen molar-refractivity contribution in [2.45, 2.75) is 76.8 Å². The van der Waals surface area contributed by atoms with E-state index in [1.165, 1.54) is 68.4 Å². The molecule has 190 valence electrons. The molecule has 6 rings (SSSR count). The van der Waals surface area contributed by atoms with Crippen LogP contribution in [0.1, 0.15) is 74.9 Å². The molecule has 1 N–H and O–H groups in total. The summed E-state index contributed by atoms with van der Waals surface area (Å²) < 4.78 is 7.74. The monoisotopic (exact) mass is 486 g/mol. The number of nitrogens with zero attached hydrogens (tertiary/aromatic N) is 3. The van der Waals surface area contributed by atoms with Crippen molar-refractivity contribution in [2.75, 3.05) is 25.1 Å². The number of hydrogen-bond acceptors (Lipinski definition) is 4. The van der Waals surface area contributed by atoms with E-state index in [0.29, 0.717) is 17.4 Å². The molecule has 6 heteroatoms. The van der Waals surface area contributed by atoms with Gasteiger partial charge in [0, 0.05) is 36.7 Å². The molecule has 1 aliphatic carbocycles. The maximum absolute atomic E-state index is 12.7. The Balaban J connectivity index is 1.44. The summed E-state index contributed by atoms with van der Waals surface area (Å²) in [7, 11) is 1.47. The van der Waals surface area contributed by atoms with Gasteiger partial charge in [0.1, 0.15) is 5.82 Å². The highest BCUT2D eigenvalue weighted by molar-refractivity contribution is 5.95. The highest BCUT2D eigenvalue weighted by atomic mass is 16.5. The van der Waals surface area contributed by atoms with Gasteiger partial charge in [-0.2, -0.15) is 0 Å². The van der Waals surface area contributed by atoms with E-state index in [0.717, 1.165) is 30.5 Å². The SMILES string of the molecule is COC(=O)N1c2ccc3c(nc([C@@H](C)Cc4ccccc4)n3C3CCC4(CC3)CNC4)c2CC[C@@H]1C. The Kier molecular flexibility index (Phi) is 6.03. The number of carbonyl (C=O) groups excluding carboxylic acids is 1. The molecule has 3 aliphatic rings. The summed E-state index contributed by atoms with van der Waals surface area (Å²) in [4.78, 5) is 19.9. The molecular formula is C30H38N4O2. The predicted molar refractivity (Wildman–Crippen MR) is 144 cm³/mol. The van der Waals surface area contributed by atoms with Crippen molar-refractivity contribution in [1.82, 2.24) is 14.9 Å². The number of methoxy groups -OCH3 is 1. The second kappa shape index (κ2) is 9.22. The Morgan fingerprint density at radius 3 is 2.56 bits per heavy atom. The molecule has 2 aromatic carbocycles. The maximum Gasteiger partial charge on any atom is 0.414 e. The molecule has 1 spiro atoms. The van der Waals surface area contributed by atoms with Crippen LogP contribution in [0.2, 0.25) is 0 Å². The van der Waals surface area contributed by atoms with E-state index in [1.54, 1.807) is 0 Å². The standard InChI is InChI=1S/C30H38N4O2/c1-20(17-22-7-5-4-6-8-22)28-32-27-24-10-9-21(2)33(29(35)36-3)25(24)11-12-26(27)34(28)23-13-15-30(16-14-23)18-31-19-30/h4-8,11-12,20-21,23,31H,9-10,13-19H2,1-3H3/t20-,21-/m0/s1. The fourth-order valence-corrected chi connectivity index (χ4v) is 6.89. The van der Waals surface area contributed by atoms with Gasteiger partial charge in [0.15, 0.2) is 0 Å². The highest BCUT2D eigenvalue weighted by Crippen LogP contribution is 2.46. The van der Waals surface area contributed by atoms with Crippen LogP contribution < -0.4 is 10.2 Å². The number of hydrogen-bond donors (Lipinski definition) is 1. The van der Waals surface area contributed by atoms with Gasteiger partial charge in [0.05, 0.1) is 23.8 Å². The molecule has 6 nitrogen and oxygen atoms in total. The van der Waals surface area contributed by atoms with Crippen LogP contribution in [0.4, 0.5) is 10.5 Å². The van der Waals surface area contributed by atoms with Gasteiger partial charge in [-0.3, -0.25) is 4.90 Å². The number of anilines is 1. The van der Waals surface area contributed by atoms with Crippen LogP contribution in [0.15, 0.2) is 42.5 Å². The molecule has 0 bridgehead atoms. The first-order valence-electron chi connectivity index (χ1n) is 13.7. The third-order valence-electron chi connectivity index (χ3n) is 9.06. The molecule has 2 atom stereocenters. The van der Waals surface area contributed by atoms with Crippen molar-refractivity contribution >= 4 is 22.8 Å². The molecule has 1 saturated carbocycles. The number of benzene rings is 2. The van der Waals surface area contributed by atoms with Crippen molar-refractivity contribution in [3.63, 3.8) is 0 Å². The summed E-state index contributed by atoms with van der Waals surface area (Å²) >= 11 is 0. The summed E-state index contributed by atoms with van der Waals surface area (Å²) in [6.07, 6.45) is 7.53. The third-order valence-corrected chi connectivity index (χ3v) is 9.06. The first kappa shape index (κ1) is 23.5. The van der Waals surface area contributed by atoms with E-state index < -0.39 is 0 Å². The van der Waals surface area contributed by atoms with Crippen LogP contribution in [0, 0.1) is 5.41 Å². The molecule has 0 radical (unpaired) electrons. The smallest absolute Gasteiger partial charge is 0.414 e. The third kappa shape index (κ3) is 3.90. The minimum Gasteiger partial charge on any atom is -0.452 e. The van der Waals surface area contributed by atoms with Crippen LogP contribution in [0.5, 0.6) is 0 Å². The average Bonchev–Trinajstić information content (AvgIpc) is 3.28. The number of amides is 1. The molecule has 1 amide bonds. The summed E-state index contributed by atoms with van der Waals surface area (Å²) in [5.41, 5.74) is 6.34. The lowest BCUT2D eigenvalue weighted by molar-refractivity contribution is 0.0842. The van der Waals surface area contributed by atoms with Gasteiger partial charge >= 0.3 is 6.09 Å². The lowest BCUT2D eigenvalue weighted by Crippen LogP contribution is -2.54. The fourth-order valence-electron chi connectivity index (χ4n) is 6.89. The molecule has 36 heavy (non-hydrogen) atoms. The number of nitrogens with one attached hydrogen (secondary N) is 1. The largest absolute Gasteiger partial charge is 0.452 e. The number of aryl methyl sites for hydroxylation is 1. The molecule has 3 aromatic rings. The van der Waals surface area contributed by atoms with Gasteiger partial charge in [-0.25, -0.2) is 9.78 Å². The van der Waals surface area contributed by atoms with Crippen molar-refractivity contribution in [2.24, 2.45) is 5.41 Å². The second-order valence-electron chi connectivity index (χ2n) is 11.4. The van der Waals surface area contributed by atoms with Crippen molar-refractivity contribution in [1.29, 1.82) is 0 Å². The van der Waals surface area contributed by atoms with Gasteiger partial charge in [-0.1, -0.05) is 37.3 Å². The predicted octanol–water partition coefficient (Wildman–Crippen LogP) is 5.99. The number of aromatic nitrogens is 2. The molecule has 3 heterocycles. The maximum atomic E-state index is 12.7. The lowest BCUT2D eigenvalue weighted by Gasteiger charge is -2.48. The Labute approximate surface area is 214 Å². The van der Waals surface area contributed by atoms with Crippen LogP contribution in [0.3, 0.4) is 0 Å². The van der Waals surface area contributed by atoms with Crippen LogP contribution in [-0.2, 0) is 17.6 Å². The van der Waals surface area contributed by atoms with Gasteiger partial charge in [-0.15, -0.1) is 0 Å². The van der Waals surface area contributed by atoms with E-state index in [4.69, 9.17) is 9.72 Å². The topological polar surface area (TPSA) is 59.4 Å². The zero-order chi connectivity index (χ0) is 24.9. The highest BCUT2D eigenvalue weighted by Gasteiger charge is 2.41. The van der Waals surface area contributed by atoms with Crippen molar-refractivity contribution in [3.05, 3.63) is 59.4 Å². The number of ether oxygens (including phenoxy) is 1. The molecule has 1 aromatic heterocycles. The fraction of sp³-hybridized carbons (Fsp3) is 0.533. The molecular weight excluding hydrogens is 448 g/mol. The lowest BCUT2D eigenvalue weighted by atomic mass is 9.68. The van der Waals surface area contributed by atoms with E-state index in [-0.39, 0.29) is 12.1 Å². The van der Waals surface area contributed by atoms with E-state index in [1.807, 2.05) is 4.90 Å². The van der Waals surface area contributed by atoms with E-state index >= 15 is 0 Å². The van der Waals surface area contributed by atoms with E-state index in [2.05, 4.69) is 66.2 Å². The number of carbonyl (C=O) groups is 1. The van der Waals surface area contributed by atoms with E-state index in [9.17, 15) is 4.79 Å². The first-order valence-corrected chi connectivity index (χ1v) is 13.7. The number of fused-ring (bicyclic) bond motifs is 3. The molecule has 1 saturated heterocycles. The van der Waals surface area contributed by atoms with Gasteiger partial charge in [-0.05, 0) is 75.0 Å². The molecule has 2 aliphatic heterocycles. The minimum atomic E-state index is -0.286.